The van der Waals surface area contributed by atoms with Gasteiger partial charge in [-0.3, -0.25) is 9.59 Å². The van der Waals surface area contributed by atoms with Gasteiger partial charge < -0.3 is 14.4 Å². The molecule has 0 aliphatic carbocycles. The number of furan rings is 1. The molecule has 2 heterocycles. The Morgan fingerprint density at radius 1 is 1.46 bits per heavy atom. The van der Waals surface area contributed by atoms with E-state index in [0.717, 1.165) is 12.8 Å². The predicted octanol–water partition coefficient (Wildman–Crippen LogP) is 1.21. The molecule has 8 nitrogen and oxygen atoms in total. The molecule has 9 heteroatoms. The van der Waals surface area contributed by atoms with E-state index in [1.807, 2.05) is 0 Å². The lowest BCUT2D eigenvalue weighted by atomic mass is 9.93. The van der Waals surface area contributed by atoms with Crippen molar-refractivity contribution < 1.29 is 27.5 Å². The maximum atomic E-state index is 12.7. The summed E-state index contributed by atoms with van der Waals surface area (Å²) in [7, 11) is -2.48. The number of carboxylic acids is 1. The molecule has 1 atom stereocenters. The smallest absolute Gasteiger partial charge is 0.303 e. The summed E-state index contributed by atoms with van der Waals surface area (Å²) in [5, 5.41) is 8.49. The first-order valence-corrected chi connectivity index (χ1v) is 9.28. The second-order valence-electron chi connectivity index (χ2n) is 5.93. The number of carboxylic acid groups (broad SMARTS) is 1. The molecule has 2 rings (SSSR count). The molecule has 1 amide bonds. The van der Waals surface area contributed by atoms with Crippen LogP contribution in [0.15, 0.2) is 15.6 Å². The third kappa shape index (κ3) is 4.15. The van der Waals surface area contributed by atoms with Crippen molar-refractivity contribution in [1.82, 2.24) is 9.62 Å². The Kier molecular flexibility index (Phi) is 5.66. The van der Waals surface area contributed by atoms with Crippen LogP contribution >= 0.6 is 0 Å². The zero-order valence-electron chi connectivity index (χ0n) is 13.7. The molecule has 24 heavy (non-hydrogen) atoms. The van der Waals surface area contributed by atoms with Gasteiger partial charge in [-0.2, -0.15) is 0 Å². The zero-order valence-corrected chi connectivity index (χ0v) is 14.6. The molecule has 1 fully saturated rings. The van der Waals surface area contributed by atoms with Crippen molar-refractivity contribution in [3.05, 3.63) is 17.4 Å². The monoisotopic (exact) mass is 358 g/mol. The van der Waals surface area contributed by atoms with Crippen LogP contribution in [0.4, 0.5) is 0 Å². The number of carbonyl (C=O) groups is 2. The Hall–Kier alpha value is -1.87. The summed E-state index contributed by atoms with van der Waals surface area (Å²) in [4.78, 5) is 25.0. The van der Waals surface area contributed by atoms with E-state index in [2.05, 4.69) is 4.72 Å². The first-order chi connectivity index (χ1) is 11.2. The summed E-state index contributed by atoms with van der Waals surface area (Å²) in [5.41, 5.74) is 0.225. The fraction of sp³-hybridized carbons (Fsp3) is 0.600. The summed E-state index contributed by atoms with van der Waals surface area (Å²) in [6.07, 6.45) is 2.31. The van der Waals surface area contributed by atoms with Gasteiger partial charge in [-0.05, 0) is 39.2 Å². The second-order valence-corrected chi connectivity index (χ2v) is 7.75. The minimum absolute atomic E-state index is 0.0853. The molecule has 0 aromatic carbocycles. The maximum Gasteiger partial charge on any atom is 0.303 e. The number of carbonyl (C=O) groups excluding carboxylic acids is 1. The molecule has 134 valence electrons. The van der Waals surface area contributed by atoms with Crippen LogP contribution in [0.1, 0.15) is 41.8 Å². The Morgan fingerprint density at radius 2 is 2.17 bits per heavy atom. The number of nitrogens with one attached hydrogen (secondary N) is 1. The van der Waals surface area contributed by atoms with E-state index in [1.165, 1.54) is 13.1 Å². The molecule has 1 aromatic heterocycles. The first-order valence-electron chi connectivity index (χ1n) is 7.79. The standard InChI is InChI=1S/C15H22N2O6S/c1-10-12(8-14(23-10)24(21,22)16-2)15(20)17-7-3-4-11(9-17)5-6-13(18)19/h8,11,16H,3-7,9H2,1-2H3,(H,18,19). The maximum absolute atomic E-state index is 12.7. The van der Waals surface area contributed by atoms with Crippen LogP contribution in [0.2, 0.25) is 0 Å². The number of aryl methyl sites for hydroxylation is 1. The lowest BCUT2D eigenvalue weighted by Crippen LogP contribution is -2.40. The Labute approximate surface area is 140 Å². The van der Waals surface area contributed by atoms with Crippen molar-refractivity contribution in [3.8, 4) is 0 Å². The molecular weight excluding hydrogens is 336 g/mol. The highest BCUT2D eigenvalue weighted by molar-refractivity contribution is 7.89. The highest BCUT2D eigenvalue weighted by Crippen LogP contribution is 2.25. The largest absolute Gasteiger partial charge is 0.481 e. The zero-order chi connectivity index (χ0) is 17.9. The molecule has 0 spiro atoms. The van der Waals surface area contributed by atoms with Crippen LogP contribution in [0.3, 0.4) is 0 Å². The summed E-state index contributed by atoms with van der Waals surface area (Å²) in [5.74, 6) is -0.729. The lowest BCUT2D eigenvalue weighted by molar-refractivity contribution is -0.137. The summed E-state index contributed by atoms with van der Waals surface area (Å²) >= 11 is 0. The van der Waals surface area contributed by atoms with Crippen LogP contribution < -0.4 is 4.72 Å². The summed E-state index contributed by atoms with van der Waals surface area (Å²) < 4.78 is 30.9. The number of aliphatic carboxylic acids is 1. The molecule has 1 unspecified atom stereocenters. The predicted molar refractivity (Wildman–Crippen MR) is 85.2 cm³/mol. The molecular formula is C15H22N2O6S. The van der Waals surface area contributed by atoms with E-state index in [1.54, 1.807) is 11.8 Å². The Balaban J connectivity index is 2.12. The highest BCUT2D eigenvalue weighted by Gasteiger charge is 2.29. The average Bonchev–Trinajstić information content (AvgIpc) is 2.95. The van der Waals surface area contributed by atoms with Crippen molar-refractivity contribution in [2.45, 2.75) is 37.7 Å². The lowest BCUT2D eigenvalue weighted by Gasteiger charge is -2.32. The van der Waals surface area contributed by atoms with Gasteiger partial charge in [0, 0.05) is 25.6 Å². The van der Waals surface area contributed by atoms with E-state index in [0.29, 0.717) is 19.5 Å². The molecule has 0 bridgehead atoms. The second kappa shape index (κ2) is 7.35. The van der Waals surface area contributed by atoms with Crippen LogP contribution in [-0.4, -0.2) is 50.4 Å². The number of amides is 1. The van der Waals surface area contributed by atoms with Crippen LogP contribution in [0.25, 0.3) is 0 Å². The average molecular weight is 358 g/mol. The highest BCUT2D eigenvalue weighted by atomic mass is 32.2. The fourth-order valence-electron chi connectivity index (χ4n) is 2.88. The Morgan fingerprint density at radius 3 is 2.79 bits per heavy atom. The number of likely N-dealkylation sites (tertiary alicyclic amines) is 1. The van der Waals surface area contributed by atoms with Gasteiger partial charge in [-0.15, -0.1) is 0 Å². The third-order valence-electron chi connectivity index (χ3n) is 4.23. The van der Waals surface area contributed by atoms with Crippen molar-refractivity contribution >= 4 is 21.9 Å². The molecule has 1 saturated heterocycles. The van der Waals surface area contributed by atoms with Crippen molar-refractivity contribution in [2.75, 3.05) is 20.1 Å². The molecule has 1 aliphatic heterocycles. The summed E-state index contributed by atoms with van der Waals surface area (Å²) in [6, 6.07) is 1.24. The molecule has 1 aliphatic rings. The number of sulfonamides is 1. The van der Waals surface area contributed by atoms with Crippen molar-refractivity contribution in [1.29, 1.82) is 0 Å². The van der Waals surface area contributed by atoms with Gasteiger partial charge in [0.15, 0.2) is 0 Å². The SMILES string of the molecule is CNS(=O)(=O)c1cc(C(=O)N2CCCC(CCC(=O)O)C2)c(C)o1. The van der Waals surface area contributed by atoms with Gasteiger partial charge in [-0.1, -0.05) is 0 Å². The molecule has 0 radical (unpaired) electrons. The molecule has 2 N–H and O–H groups in total. The van der Waals surface area contributed by atoms with E-state index >= 15 is 0 Å². The van der Waals surface area contributed by atoms with Crippen LogP contribution in [-0.2, 0) is 14.8 Å². The van der Waals surface area contributed by atoms with Gasteiger partial charge in [-0.25, -0.2) is 13.1 Å². The first kappa shape index (κ1) is 18.5. The van der Waals surface area contributed by atoms with Gasteiger partial charge in [0.05, 0.1) is 5.56 Å². The van der Waals surface area contributed by atoms with Crippen molar-refractivity contribution in [3.63, 3.8) is 0 Å². The van der Waals surface area contributed by atoms with E-state index in [4.69, 9.17) is 9.52 Å². The molecule has 0 saturated carbocycles. The normalized spacial score (nSPS) is 18.6. The topological polar surface area (TPSA) is 117 Å². The molecule has 1 aromatic rings. The quantitative estimate of drug-likeness (QED) is 0.789. The van der Waals surface area contributed by atoms with Gasteiger partial charge in [0.2, 0.25) is 5.09 Å². The number of hydrogen-bond donors (Lipinski definition) is 2. The Bertz CT molecular complexity index is 724. The van der Waals surface area contributed by atoms with Crippen molar-refractivity contribution in [2.24, 2.45) is 5.92 Å². The van der Waals surface area contributed by atoms with Crippen LogP contribution in [0, 0.1) is 12.8 Å². The van der Waals surface area contributed by atoms with E-state index in [-0.39, 0.29) is 34.7 Å². The number of piperidine rings is 1. The van der Waals surface area contributed by atoms with E-state index in [9.17, 15) is 18.0 Å². The number of hydrogen-bond acceptors (Lipinski definition) is 5. The third-order valence-corrected chi connectivity index (χ3v) is 5.50. The fourth-order valence-corrected chi connectivity index (χ4v) is 3.59. The minimum atomic E-state index is -3.75. The number of rotatable bonds is 6. The van der Waals surface area contributed by atoms with Gasteiger partial charge >= 0.3 is 5.97 Å². The van der Waals surface area contributed by atoms with Crippen LogP contribution in [0.5, 0.6) is 0 Å². The number of nitrogens with zero attached hydrogens (tertiary/aromatic N) is 1. The van der Waals surface area contributed by atoms with Gasteiger partial charge in [0.25, 0.3) is 15.9 Å². The van der Waals surface area contributed by atoms with Gasteiger partial charge in [0.1, 0.15) is 5.76 Å². The minimum Gasteiger partial charge on any atom is -0.481 e. The summed E-state index contributed by atoms with van der Waals surface area (Å²) in [6.45, 7) is 2.60. The van der Waals surface area contributed by atoms with E-state index < -0.39 is 16.0 Å².